The minimum atomic E-state index is -0.416. The van der Waals surface area contributed by atoms with Crippen molar-refractivity contribution in [1.29, 1.82) is 0 Å². The second-order valence-corrected chi connectivity index (χ2v) is 3.25. The van der Waals surface area contributed by atoms with Gasteiger partial charge in [-0.15, -0.1) is 0 Å². The van der Waals surface area contributed by atoms with Gasteiger partial charge in [-0.25, -0.2) is 0 Å². The molecule has 1 heterocycles. The first-order chi connectivity index (χ1) is 6.70. The van der Waals surface area contributed by atoms with E-state index in [1.807, 2.05) is 0 Å². The predicted octanol–water partition coefficient (Wildman–Crippen LogP) is -0.442. The maximum absolute atomic E-state index is 11.3. The van der Waals surface area contributed by atoms with Crippen LogP contribution in [-0.2, 0) is 19.1 Å². The molecule has 1 aliphatic heterocycles. The standard InChI is InChI=1S/C9H15NO4/c1-13-8(11)6-3-4-10-5-7(6)9(12)14-2/h6-7,10H,3-5H2,1-2H3. The molecule has 5 heteroatoms. The van der Waals surface area contributed by atoms with Crippen LogP contribution in [0.15, 0.2) is 0 Å². The van der Waals surface area contributed by atoms with Crippen molar-refractivity contribution in [3.63, 3.8) is 0 Å². The molecular formula is C9H15NO4. The van der Waals surface area contributed by atoms with Crippen molar-refractivity contribution in [3.05, 3.63) is 0 Å². The van der Waals surface area contributed by atoms with Crippen LogP contribution in [0.1, 0.15) is 6.42 Å². The van der Waals surface area contributed by atoms with Crippen molar-refractivity contribution in [3.8, 4) is 0 Å². The van der Waals surface area contributed by atoms with Crippen molar-refractivity contribution in [2.24, 2.45) is 11.8 Å². The van der Waals surface area contributed by atoms with Crippen molar-refractivity contribution >= 4 is 11.9 Å². The summed E-state index contributed by atoms with van der Waals surface area (Å²) in [6, 6.07) is 0. The Balaban J connectivity index is 2.68. The van der Waals surface area contributed by atoms with Gasteiger partial charge in [0.1, 0.15) is 0 Å². The monoisotopic (exact) mass is 201 g/mol. The summed E-state index contributed by atoms with van der Waals surface area (Å²) in [5, 5.41) is 3.05. The number of rotatable bonds is 2. The summed E-state index contributed by atoms with van der Waals surface area (Å²) < 4.78 is 9.27. The van der Waals surface area contributed by atoms with E-state index in [0.717, 1.165) is 6.54 Å². The Morgan fingerprint density at radius 1 is 1.14 bits per heavy atom. The molecule has 1 saturated heterocycles. The fourth-order valence-corrected chi connectivity index (χ4v) is 1.69. The SMILES string of the molecule is COC(=O)C1CCNCC1C(=O)OC. The van der Waals surface area contributed by atoms with Gasteiger partial charge in [0.2, 0.25) is 0 Å². The maximum atomic E-state index is 11.3. The molecule has 2 unspecified atom stereocenters. The van der Waals surface area contributed by atoms with Gasteiger partial charge in [-0.1, -0.05) is 0 Å². The van der Waals surface area contributed by atoms with E-state index in [9.17, 15) is 9.59 Å². The number of carbonyl (C=O) groups is 2. The molecule has 1 rings (SSSR count). The number of hydrogen-bond acceptors (Lipinski definition) is 5. The normalized spacial score (nSPS) is 26.7. The Hall–Kier alpha value is -1.10. The third-order valence-electron chi connectivity index (χ3n) is 2.49. The van der Waals surface area contributed by atoms with Gasteiger partial charge in [-0.3, -0.25) is 9.59 Å². The molecule has 0 aromatic heterocycles. The molecule has 0 aromatic rings. The van der Waals surface area contributed by atoms with Gasteiger partial charge in [0.05, 0.1) is 26.1 Å². The Labute approximate surface area is 82.8 Å². The number of hydrogen-bond donors (Lipinski definition) is 1. The smallest absolute Gasteiger partial charge is 0.310 e. The summed E-state index contributed by atoms with van der Waals surface area (Å²) in [5.74, 6) is -1.47. The zero-order valence-electron chi connectivity index (χ0n) is 8.41. The second-order valence-electron chi connectivity index (χ2n) is 3.25. The third-order valence-corrected chi connectivity index (χ3v) is 2.49. The van der Waals surface area contributed by atoms with Crippen LogP contribution in [0, 0.1) is 11.8 Å². The van der Waals surface area contributed by atoms with E-state index in [0.29, 0.717) is 13.0 Å². The lowest BCUT2D eigenvalue weighted by Gasteiger charge is -2.27. The van der Waals surface area contributed by atoms with Crippen molar-refractivity contribution in [2.75, 3.05) is 27.3 Å². The van der Waals surface area contributed by atoms with Crippen molar-refractivity contribution in [1.82, 2.24) is 5.32 Å². The Kier molecular flexibility index (Phi) is 3.88. The zero-order chi connectivity index (χ0) is 10.6. The van der Waals surface area contributed by atoms with Crippen LogP contribution in [0.4, 0.5) is 0 Å². The van der Waals surface area contributed by atoms with E-state index in [1.54, 1.807) is 0 Å². The first-order valence-electron chi connectivity index (χ1n) is 4.57. The van der Waals surface area contributed by atoms with Crippen molar-refractivity contribution < 1.29 is 19.1 Å². The van der Waals surface area contributed by atoms with Gasteiger partial charge in [0.25, 0.3) is 0 Å². The number of methoxy groups -OCH3 is 2. The van der Waals surface area contributed by atoms with E-state index < -0.39 is 5.92 Å². The third kappa shape index (κ3) is 2.23. The molecule has 0 spiro atoms. The quantitative estimate of drug-likeness (QED) is 0.613. The van der Waals surface area contributed by atoms with Crippen LogP contribution >= 0.6 is 0 Å². The predicted molar refractivity (Wildman–Crippen MR) is 48.5 cm³/mol. The summed E-state index contributed by atoms with van der Waals surface area (Å²) in [6.45, 7) is 1.21. The van der Waals surface area contributed by atoms with Crippen LogP contribution in [0.5, 0.6) is 0 Å². The molecule has 5 nitrogen and oxygen atoms in total. The lowest BCUT2D eigenvalue weighted by Crippen LogP contribution is -2.44. The highest BCUT2D eigenvalue weighted by molar-refractivity contribution is 5.82. The van der Waals surface area contributed by atoms with Crippen LogP contribution in [-0.4, -0.2) is 39.2 Å². The highest BCUT2D eigenvalue weighted by Gasteiger charge is 2.37. The average molecular weight is 201 g/mol. The molecule has 80 valence electrons. The fraction of sp³-hybridized carbons (Fsp3) is 0.778. The number of nitrogens with one attached hydrogen (secondary N) is 1. The summed E-state index contributed by atoms with van der Waals surface area (Å²) in [4.78, 5) is 22.7. The largest absolute Gasteiger partial charge is 0.469 e. The molecule has 2 atom stereocenters. The lowest BCUT2D eigenvalue weighted by atomic mass is 9.86. The van der Waals surface area contributed by atoms with Crippen LogP contribution in [0.3, 0.4) is 0 Å². The molecule has 0 amide bonds. The number of ether oxygens (including phenoxy) is 2. The minimum Gasteiger partial charge on any atom is -0.469 e. The average Bonchev–Trinajstić information content (AvgIpc) is 2.27. The lowest BCUT2D eigenvalue weighted by molar-refractivity contribution is -0.158. The van der Waals surface area contributed by atoms with E-state index in [2.05, 4.69) is 14.8 Å². The van der Waals surface area contributed by atoms with Gasteiger partial charge >= 0.3 is 11.9 Å². The molecule has 0 radical (unpaired) electrons. The molecule has 1 fully saturated rings. The van der Waals surface area contributed by atoms with Gasteiger partial charge in [-0.2, -0.15) is 0 Å². The topological polar surface area (TPSA) is 64.6 Å². The molecule has 0 saturated carbocycles. The molecule has 0 aromatic carbocycles. The summed E-state index contributed by atoms with van der Waals surface area (Å²) in [7, 11) is 2.66. The van der Waals surface area contributed by atoms with E-state index in [1.165, 1.54) is 14.2 Å². The van der Waals surface area contributed by atoms with Crippen LogP contribution < -0.4 is 5.32 Å². The Morgan fingerprint density at radius 2 is 1.71 bits per heavy atom. The number of esters is 2. The number of carbonyl (C=O) groups excluding carboxylic acids is 2. The summed E-state index contributed by atoms with van der Waals surface area (Å²) in [5.41, 5.74) is 0. The minimum absolute atomic E-state index is 0.332. The van der Waals surface area contributed by atoms with E-state index in [-0.39, 0.29) is 17.9 Å². The number of piperidine rings is 1. The summed E-state index contributed by atoms with van der Waals surface area (Å²) >= 11 is 0. The molecule has 1 N–H and O–H groups in total. The molecule has 0 aliphatic carbocycles. The Morgan fingerprint density at radius 3 is 2.29 bits per heavy atom. The second kappa shape index (κ2) is 4.95. The zero-order valence-corrected chi connectivity index (χ0v) is 8.41. The van der Waals surface area contributed by atoms with E-state index >= 15 is 0 Å². The molecule has 0 bridgehead atoms. The molecular weight excluding hydrogens is 186 g/mol. The van der Waals surface area contributed by atoms with Crippen LogP contribution in [0.25, 0.3) is 0 Å². The summed E-state index contributed by atoms with van der Waals surface area (Å²) in [6.07, 6.45) is 0.618. The molecule has 1 aliphatic rings. The maximum Gasteiger partial charge on any atom is 0.310 e. The van der Waals surface area contributed by atoms with E-state index in [4.69, 9.17) is 0 Å². The fourth-order valence-electron chi connectivity index (χ4n) is 1.69. The van der Waals surface area contributed by atoms with Gasteiger partial charge < -0.3 is 14.8 Å². The van der Waals surface area contributed by atoms with Gasteiger partial charge in [0, 0.05) is 6.54 Å². The molecule has 14 heavy (non-hydrogen) atoms. The van der Waals surface area contributed by atoms with Crippen molar-refractivity contribution in [2.45, 2.75) is 6.42 Å². The van der Waals surface area contributed by atoms with Crippen LogP contribution in [0.2, 0.25) is 0 Å². The van der Waals surface area contributed by atoms with Gasteiger partial charge in [-0.05, 0) is 13.0 Å². The highest BCUT2D eigenvalue weighted by atomic mass is 16.5. The first kappa shape index (κ1) is 11.0. The Bertz CT molecular complexity index is 205. The first-order valence-corrected chi connectivity index (χ1v) is 4.57. The van der Waals surface area contributed by atoms with Gasteiger partial charge in [0.15, 0.2) is 0 Å². The highest BCUT2D eigenvalue weighted by Crippen LogP contribution is 2.21.